The predicted molar refractivity (Wildman–Crippen MR) is 78.7 cm³/mol. The van der Waals surface area contributed by atoms with Crippen LogP contribution >= 0.6 is 23.2 Å². The van der Waals surface area contributed by atoms with Gasteiger partial charge in [-0.1, -0.05) is 35.3 Å². The van der Waals surface area contributed by atoms with Gasteiger partial charge < -0.3 is 0 Å². The molecule has 0 radical (unpaired) electrons. The Morgan fingerprint density at radius 2 is 1.89 bits per heavy atom. The third kappa shape index (κ3) is 3.69. The molecule has 2 aromatic carbocycles. The highest BCUT2D eigenvalue weighted by molar-refractivity contribution is 6.42. The monoisotopic (exact) mass is 296 g/mol. The Hall–Kier alpha value is -1.58. The van der Waals surface area contributed by atoms with Gasteiger partial charge in [-0.3, -0.25) is 5.43 Å². The molecule has 0 fully saturated rings. The van der Waals surface area contributed by atoms with Crippen molar-refractivity contribution in [1.82, 2.24) is 0 Å². The maximum atomic E-state index is 13.1. The lowest BCUT2D eigenvalue weighted by molar-refractivity contribution is 0.627. The molecule has 0 amide bonds. The van der Waals surface area contributed by atoms with Gasteiger partial charge in [-0.25, -0.2) is 4.39 Å². The molecule has 0 aliphatic rings. The molecule has 19 heavy (non-hydrogen) atoms. The molecule has 2 nitrogen and oxygen atoms in total. The number of hydrogen-bond donors (Lipinski definition) is 1. The van der Waals surface area contributed by atoms with Gasteiger partial charge in [0.05, 0.1) is 21.4 Å². The van der Waals surface area contributed by atoms with Crippen molar-refractivity contribution in [3.8, 4) is 0 Å². The number of benzene rings is 2. The minimum absolute atomic E-state index is 0.290. The second-order valence-corrected chi connectivity index (χ2v) is 4.76. The van der Waals surface area contributed by atoms with Crippen molar-refractivity contribution in [1.29, 1.82) is 0 Å². The van der Waals surface area contributed by atoms with Crippen molar-refractivity contribution < 1.29 is 4.39 Å². The van der Waals surface area contributed by atoms with Crippen LogP contribution in [-0.2, 0) is 0 Å². The highest BCUT2D eigenvalue weighted by Crippen LogP contribution is 2.25. The average Bonchev–Trinajstić information content (AvgIpc) is 2.40. The highest BCUT2D eigenvalue weighted by atomic mass is 35.5. The van der Waals surface area contributed by atoms with Gasteiger partial charge in [-0.2, -0.15) is 5.10 Å². The first kappa shape index (κ1) is 13.8. The van der Waals surface area contributed by atoms with Gasteiger partial charge in [0, 0.05) is 5.56 Å². The summed E-state index contributed by atoms with van der Waals surface area (Å²) in [6.45, 7) is 1.79. The van der Waals surface area contributed by atoms with Crippen LogP contribution in [0.1, 0.15) is 12.5 Å². The van der Waals surface area contributed by atoms with Crippen molar-refractivity contribution in [2.45, 2.75) is 6.92 Å². The summed E-state index contributed by atoms with van der Waals surface area (Å²) >= 11 is 11.7. The first-order valence-corrected chi connectivity index (χ1v) is 6.33. The maximum Gasteiger partial charge on any atom is 0.123 e. The van der Waals surface area contributed by atoms with Crippen LogP contribution in [-0.4, -0.2) is 5.71 Å². The van der Waals surface area contributed by atoms with Crippen LogP contribution in [0.4, 0.5) is 10.1 Å². The van der Waals surface area contributed by atoms with Crippen molar-refractivity contribution in [2.24, 2.45) is 5.10 Å². The summed E-state index contributed by atoms with van der Waals surface area (Å²) in [6, 6.07) is 11.4. The molecule has 0 unspecified atom stereocenters. The fraction of sp³-hybridized carbons (Fsp3) is 0.0714. The Labute approximate surface area is 120 Å². The molecule has 2 aromatic rings. The Bertz CT molecular complexity index is 627. The van der Waals surface area contributed by atoms with Gasteiger partial charge in [-0.15, -0.1) is 0 Å². The van der Waals surface area contributed by atoms with E-state index in [0.29, 0.717) is 27.0 Å². The maximum absolute atomic E-state index is 13.1. The number of nitrogens with zero attached hydrogens (tertiary/aromatic N) is 1. The quantitative estimate of drug-likeness (QED) is 0.628. The summed E-state index contributed by atoms with van der Waals surface area (Å²) in [5.41, 5.74) is 4.95. The van der Waals surface area contributed by atoms with E-state index >= 15 is 0 Å². The topological polar surface area (TPSA) is 24.4 Å². The van der Waals surface area contributed by atoms with Gasteiger partial charge in [0.1, 0.15) is 5.82 Å². The van der Waals surface area contributed by atoms with E-state index in [4.69, 9.17) is 23.2 Å². The summed E-state index contributed by atoms with van der Waals surface area (Å²) in [6.07, 6.45) is 0. The smallest absolute Gasteiger partial charge is 0.123 e. The molecule has 0 atom stereocenters. The molecule has 1 N–H and O–H groups in total. The first-order chi connectivity index (χ1) is 9.06. The van der Waals surface area contributed by atoms with E-state index in [-0.39, 0.29) is 5.82 Å². The molecule has 98 valence electrons. The van der Waals surface area contributed by atoms with E-state index in [2.05, 4.69) is 10.5 Å². The van der Waals surface area contributed by atoms with Gasteiger partial charge >= 0.3 is 0 Å². The minimum Gasteiger partial charge on any atom is -0.278 e. The van der Waals surface area contributed by atoms with Crippen LogP contribution in [0.3, 0.4) is 0 Å². The van der Waals surface area contributed by atoms with Crippen LogP contribution < -0.4 is 5.43 Å². The number of halogens is 3. The van der Waals surface area contributed by atoms with Crippen LogP contribution in [0.2, 0.25) is 10.0 Å². The van der Waals surface area contributed by atoms with E-state index in [0.717, 1.165) is 0 Å². The van der Waals surface area contributed by atoms with Crippen molar-refractivity contribution >= 4 is 34.6 Å². The SMILES string of the molecule is C/C(=N\Nc1ccc(Cl)c(Cl)c1)c1cccc(F)c1. The summed E-state index contributed by atoms with van der Waals surface area (Å²) in [5, 5.41) is 5.11. The average molecular weight is 297 g/mol. The first-order valence-electron chi connectivity index (χ1n) is 5.57. The van der Waals surface area contributed by atoms with E-state index in [9.17, 15) is 4.39 Å². The molecule has 5 heteroatoms. The van der Waals surface area contributed by atoms with Gasteiger partial charge in [-0.05, 0) is 37.3 Å². The van der Waals surface area contributed by atoms with E-state index in [1.807, 2.05) is 0 Å². The normalized spacial score (nSPS) is 11.5. The lowest BCUT2D eigenvalue weighted by atomic mass is 10.1. The second kappa shape index (κ2) is 6.04. The van der Waals surface area contributed by atoms with E-state index in [1.54, 1.807) is 37.3 Å². The summed E-state index contributed by atoms with van der Waals surface area (Å²) in [7, 11) is 0. The zero-order chi connectivity index (χ0) is 13.8. The Kier molecular flexibility index (Phi) is 4.40. The molecule has 0 saturated carbocycles. The molecular weight excluding hydrogens is 286 g/mol. The van der Waals surface area contributed by atoms with E-state index in [1.165, 1.54) is 12.1 Å². The second-order valence-electron chi connectivity index (χ2n) is 3.95. The third-order valence-electron chi connectivity index (χ3n) is 2.51. The van der Waals surface area contributed by atoms with Crippen LogP contribution in [0.5, 0.6) is 0 Å². The number of hydrogen-bond acceptors (Lipinski definition) is 2. The van der Waals surface area contributed by atoms with Crippen LogP contribution in [0.15, 0.2) is 47.6 Å². The van der Waals surface area contributed by atoms with Crippen molar-refractivity contribution in [3.05, 3.63) is 63.9 Å². The number of nitrogens with one attached hydrogen (secondary N) is 1. The number of rotatable bonds is 3. The lowest BCUT2D eigenvalue weighted by Crippen LogP contribution is -2.00. The zero-order valence-corrected chi connectivity index (χ0v) is 11.6. The zero-order valence-electron chi connectivity index (χ0n) is 10.1. The molecule has 0 aliphatic heterocycles. The minimum atomic E-state index is -0.290. The fourth-order valence-electron chi connectivity index (χ4n) is 1.49. The molecule has 0 spiro atoms. The fourth-order valence-corrected chi connectivity index (χ4v) is 1.79. The molecular formula is C14H11Cl2FN2. The molecule has 0 aliphatic carbocycles. The predicted octanol–water partition coefficient (Wildman–Crippen LogP) is 4.97. The Balaban J connectivity index is 2.15. The Morgan fingerprint density at radius 3 is 2.58 bits per heavy atom. The van der Waals surface area contributed by atoms with Crippen LogP contribution in [0.25, 0.3) is 0 Å². The highest BCUT2D eigenvalue weighted by Gasteiger charge is 2.01. The summed E-state index contributed by atoms with van der Waals surface area (Å²) < 4.78 is 13.1. The molecule has 0 bridgehead atoms. The largest absolute Gasteiger partial charge is 0.278 e. The van der Waals surface area contributed by atoms with E-state index < -0.39 is 0 Å². The molecule has 0 heterocycles. The molecule has 0 aromatic heterocycles. The van der Waals surface area contributed by atoms with Gasteiger partial charge in [0.15, 0.2) is 0 Å². The summed E-state index contributed by atoms with van der Waals surface area (Å²) in [4.78, 5) is 0. The third-order valence-corrected chi connectivity index (χ3v) is 3.25. The van der Waals surface area contributed by atoms with Gasteiger partial charge in [0.25, 0.3) is 0 Å². The number of hydrazone groups is 1. The van der Waals surface area contributed by atoms with Crippen molar-refractivity contribution in [2.75, 3.05) is 5.43 Å². The standard InChI is InChI=1S/C14H11Cl2FN2/c1-9(10-3-2-4-11(17)7-10)18-19-12-5-6-13(15)14(16)8-12/h2-8,19H,1H3/b18-9+. The van der Waals surface area contributed by atoms with Crippen LogP contribution in [0, 0.1) is 5.82 Å². The lowest BCUT2D eigenvalue weighted by Gasteiger charge is -2.05. The number of anilines is 1. The van der Waals surface area contributed by atoms with Gasteiger partial charge in [0.2, 0.25) is 0 Å². The van der Waals surface area contributed by atoms with Crippen molar-refractivity contribution in [3.63, 3.8) is 0 Å². The Morgan fingerprint density at radius 1 is 1.11 bits per heavy atom. The molecule has 0 saturated heterocycles. The molecule has 2 rings (SSSR count). The summed E-state index contributed by atoms with van der Waals surface area (Å²) in [5.74, 6) is -0.290.